The van der Waals surface area contributed by atoms with Gasteiger partial charge in [0.15, 0.2) is 0 Å². The monoisotopic (exact) mass is 251 g/mol. The molecule has 3 rings (SSSR count). The fourth-order valence-electron chi connectivity index (χ4n) is 3.00. The fourth-order valence-corrected chi connectivity index (χ4v) is 3.00. The van der Waals surface area contributed by atoms with Crippen LogP contribution in [0.1, 0.15) is 22.3 Å². The van der Waals surface area contributed by atoms with Crippen molar-refractivity contribution in [1.29, 1.82) is 0 Å². The molecule has 0 fully saturated rings. The van der Waals surface area contributed by atoms with Gasteiger partial charge in [-0.25, -0.2) is 0 Å². The fraction of sp³-hybridized carbons (Fsp3) is 0.333. The van der Waals surface area contributed by atoms with E-state index in [0.717, 1.165) is 13.0 Å². The number of hydrogen-bond donors (Lipinski definition) is 1. The first-order valence-electron chi connectivity index (χ1n) is 7.17. The van der Waals surface area contributed by atoms with Crippen LogP contribution in [0.2, 0.25) is 0 Å². The molecule has 0 aliphatic heterocycles. The Morgan fingerprint density at radius 1 is 0.947 bits per heavy atom. The number of aryl methyl sites for hydroxylation is 1. The first kappa shape index (κ1) is 12.4. The zero-order valence-electron chi connectivity index (χ0n) is 11.5. The molecular formula is C18H21N. The van der Waals surface area contributed by atoms with E-state index in [0.29, 0.717) is 6.04 Å². The number of hydrogen-bond acceptors (Lipinski definition) is 1. The Kier molecular flexibility index (Phi) is 3.65. The Morgan fingerprint density at radius 2 is 1.58 bits per heavy atom. The summed E-state index contributed by atoms with van der Waals surface area (Å²) in [4.78, 5) is 0. The van der Waals surface area contributed by atoms with Gasteiger partial charge >= 0.3 is 0 Å². The summed E-state index contributed by atoms with van der Waals surface area (Å²) < 4.78 is 0. The molecule has 0 saturated heterocycles. The standard InChI is InChI=1S/C18H21N/c1-14-6-2-3-7-15(14)10-11-19-18-12-16-8-4-5-9-17(16)13-18/h2-9,18-19H,10-13H2,1H3. The van der Waals surface area contributed by atoms with Gasteiger partial charge in [0.1, 0.15) is 0 Å². The van der Waals surface area contributed by atoms with Crippen LogP contribution in [0.25, 0.3) is 0 Å². The molecule has 1 aliphatic carbocycles. The maximum absolute atomic E-state index is 3.70. The third-order valence-corrected chi connectivity index (χ3v) is 4.14. The summed E-state index contributed by atoms with van der Waals surface area (Å²) >= 11 is 0. The summed E-state index contributed by atoms with van der Waals surface area (Å²) in [5, 5.41) is 3.70. The van der Waals surface area contributed by atoms with Gasteiger partial charge in [-0.05, 0) is 55.0 Å². The van der Waals surface area contributed by atoms with Gasteiger partial charge in [-0.15, -0.1) is 0 Å². The van der Waals surface area contributed by atoms with Crippen LogP contribution in [0.4, 0.5) is 0 Å². The summed E-state index contributed by atoms with van der Waals surface area (Å²) in [6, 6.07) is 18.1. The second kappa shape index (κ2) is 5.58. The van der Waals surface area contributed by atoms with Crippen molar-refractivity contribution >= 4 is 0 Å². The van der Waals surface area contributed by atoms with Crippen LogP contribution >= 0.6 is 0 Å². The summed E-state index contributed by atoms with van der Waals surface area (Å²) in [5.74, 6) is 0. The minimum absolute atomic E-state index is 0.626. The molecule has 1 nitrogen and oxygen atoms in total. The largest absolute Gasteiger partial charge is 0.313 e. The number of nitrogens with one attached hydrogen (secondary N) is 1. The Hall–Kier alpha value is -1.60. The maximum Gasteiger partial charge on any atom is 0.0148 e. The zero-order valence-corrected chi connectivity index (χ0v) is 11.5. The van der Waals surface area contributed by atoms with Crippen molar-refractivity contribution in [2.75, 3.05) is 6.54 Å². The lowest BCUT2D eigenvalue weighted by Crippen LogP contribution is -2.31. The molecule has 0 radical (unpaired) electrons. The third-order valence-electron chi connectivity index (χ3n) is 4.14. The lowest BCUT2D eigenvalue weighted by molar-refractivity contribution is 0.536. The average Bonchev–Trinajstić information content (AvgIpc) is 2.83. The Bertz CT molecular complexity index is 534. The van der Waals surface area contributed by atoms with Crippen LogP contribution in [0, 0.1) is 6.92 Å². The van der Waals surface area contributed by atoms with Crippen LogP contribution in [0.3, 0.4) is 0 Å². The van der Waals surface area contributed by atoms with Gasteiger partial charge in [0.2, 0.25) is 0 Å². The van der Waals surface area contributed by atoms with Gasteiger partial charge in [0.05, 0.1) is 0 Å². The Balaban J connectivity index is 1.51. The lowest BCUT2D eigenvalue weighted by atomic mass is 10.1. The summed E-state index contributed by atoms with van der Waals surface area (Å²) in [6.07, 6.45) is 3.49. The highest BCUT2D eigenvalue weighted by atomic mass is 14.9. The first-order chi connectivity index (χ1) is 9.33. The SMILES string of the molecule is Cc1ccccc1CCNC1Cc2ccccc2C1. The Labute approximate surface area is 115 Å². The van der Waals surface area contributed by atoms with E-state index in [1.165, 1.54) is 35.1 Å². The molecule has 1 N–H and O–H groups in total. The molecule has 2 aromatic rings. The molecule has 0 amide bonds. The molecule has 1 heteroatoms. The predicted molar refractivity (Wildman–Crippen MR) is 80.5 cm³/mol. The minimum atomic E-state index is 0.626. The van der Waals surface area contributed by atoms with E-state index in [1.807, 2.05) is 0 Å². The van der Waals surface area contributed by atoms with Crippen molar-refractivity contribution in [2.24, 2.45) is 0 Å². The highest BCUT2D eigenvalue weighted by Gasteiger charge is 2.19. The number of rotatable bonds is 4. The van der Waals surface area contributed by atoms with Crippen LogP contribution in [-0.2, 0) is 19.3 Å². The van der Waals surface area contributed by atoms with Crippen molar-refractivity contribution in [2.45, 2.75) is 32.2 Å². The summed E-state index contributed by atoms with van der Waals surface area (Å²) in [7, 11) is 0. The third kappa shape index (κ3) is 2.87. The zero-order chi connectivity index (χ0) is 13.1. The molecular weight excluding hydrogens is 230 g/mol. The van der Waals surface area contributed by atoms with Crippen LogP contribution in [0.5, 0.6) is 0 Å². The van der Waals surface area contributed by atoms with Gasteiger partial charge in [0.25, 0.3) is 0 Å². The van der Waals surface area contributed by atoms with Gasteiger partial charge < -0.3 is 5.32 Å². The van der Waals surface area contributed by atoms with Gasteiger partial charge in [-0.2, -0.15) is 0 Å². The van der Waals surface area contributed by atoms with Crippen LogP contribution in [0.15, 0.2) is 48.5 Å². The number of fused-ring (bicyclic) bond motifs is 1. The highest BCUT2D eigenvalue weighted by Crippen LogP contribution is 2.21. The van der Waals surface area contributed by atoms with Gasteiger partial charge in [0, 0.05) is 6.04 Å². The molecule has 0 aromatic heterocycles. The second-order valence-corrected chi connectivity index (χ2v) is 5.50. The van der Waals surface area contributed by atoms with Crippen molar-refractivity contribution < 1.29 is 0 Å². The van der Waals surface area contributed by atoms with E-state index in [-0.39, 0.29) is 0 Å². The maximum atomic E-state index is 3.70. The normalized spacial score (nSPS) is 14.6. The van der Waals surface area contributed by atoms with E-state index >= 15 is 0 Å². The number of benzene rings is 2. The van der Waals surface area contributed by atoms with Crippen molar-refractivity contribution in [3.05, 3.63) is 70.8 Å². The second-order valence-electron chi connectivity index (χ2n) is 5.50. The smallest absolute Gasteiger partial charge is 0.0148 e. The predicted octanol–water partition coefficient (Wildman–Crippen LogP) is 3.29. The molecule has 2 aromatic carbocycles. The molecule has 0 saturated carbocycles. The van der Waals surface area contributed by atoms with E-state index in [9.17, 15) is 0 Å². The van der Waals surface area contributed by atoms with E-state index in [4.69, 9.17) is 0 Å². The van der Waals surface area contributed by atoms with Gasteiger partial charge in [-0.1, -0.05) is 48.5 Å². The summed E-state index contributed by atoms with van der Waals surface area (Å²) in [5.41, 5.74) is 5.91. The van der Waals surface area contributed by atoms with Gasteiger partial charge in [-0.3, -0.25) is 0 Å². The van der Waals surface area contributed by atoms with Crippen molar-refractivity contribution in [3.63, 3.8) is 0 Å². The quantitative estimate of drug-likeness (QED) is 0.879. The van der Waals surface area contributed by atoms with Crippen LogP contribution < -0.4 is 5.32 Å². The molecule has 0 bridgehead atoms. The molecule has 0 atom stereocenters. The van der Waals surface area contributed by atoms with Crippen molar-refractivity contribution in [3.8, 4) is 0 Å². The Morgan fingerprint density at radius 3 is 2.26 bits per heavy atom. The van der Waals surface area contributed by atoms with Crippen molar-refractivity contribution in [1.82, 2.24) is 5.32 Å². The average molecular weight is 251 g/mol. The summed E-state index contributed by atoms with van der Waals surface area (Å²) in [6.45, 7) is 3.27. The molecule has 0 heterocycles. The van der Waals surface area contributed by atoms with E-state index < -0.39 is 0 Å². The lowest BCUT2D eigenvalue weighted by Gasteiger charge is -2.12. The topological polar surface area (TPSA) is 12.0 Å². The minimum Gasteiger partial charge on any atom is -0.313 e. The molecule has 0 unspecified atom stereocenters. The van der Waals surface area contributed by atoms with E-state index in [2.05, 4.69) is 60.8 Å². The first-order valence-corrected chi connectivity index (χ1v) is 7.17. The molecule has 0 spiro atoms. The molecule has 1 aliphatic rings. The van der Waals surface area contributed by atoms with E-state index in [1.54, 1.807) is 0 Å². The van der Waals surface area contributed by atoms with Crippen LogP contribution in [-0.4, -0.2) is 12.6 Å². The molecule has 98 valence electrons. The highest BCUT2D eigenvalue weighted by molar-refractivity contribution is 5.33. The molecule has 19 heavy (non-hydrogen) atoms.